The number of hydrogen-bond donors (Lipinski definition) is 1. The van der Waals surface area contributed by atoms with E-state index in [1.54, 1.807) is 32.4 Å². The van der Waals surface area contributed by atoms with Gasteiger partial charge in [-0.2, -0.15) is 5.10 Å². The highest BCUT2D eigenvalue weighted by Gasteiger charge is 2.23. The summed E-state index contributed by atoms with van der Waals surface area (Å²) in [6.45, 7) is 7.92. The standard InChI is InChI=1S/C28H31N9O2/c1-5-6-7-23-17-36(27-25(19(4)38)15-30-37(27)18(2)3)28(39)35(23)16-22-14-29-13-12-24(22)20-8-10-21(11-9-20)26-31-33-34-32-26/h8-15,17-18H,5-7,16H2,1-4H3,(H,31,32,33,34). The lowest BCUT2D eigenvalue weighted by atomic mass is 10.00. The Morgan fingerprint density at radius 1 is 1.08 bits per heavy atom. The Balaban J connectivity index is 1.58. The quantitative estimate of drug-likeness (QED) is 0.270. The van der Waals surface area contributed by atoms with Crippen molar-refractivity contribution in [2.75, 3.05) is 0 Å². The van der Waals surface area contributed by atoms with E-state index in [9.17, 15) is 9.59 Å². The van der Waals surface area contributed by atoms with E-state index >= 15 is 0 Å². The molecule has 0 fully saturated rings. The molecule has 1 N–H and O–H groups in total. The average Bonchev–Trinajstić information content (AvgIpc) is 3.68. The van der Waals surface area contributed by atoms with Crippen molar-refractivity contribution < 1.29 is 4.79 Å². The summed E-state index contributed by atoms with van der Waals surface area (Å²) in [6, 6.07) is 9.84. The number of unbranched alkanes of at least 4 members (excludes halogenated alkanes) is 1. The van der Waals surface area contributed by atoms with E-state index < -0.39 is 0 Å². The van der Waals surface area contributed by atoms with Crippen molar-refractivity contribution in [3.8, 4) is 28.3 Å². The second kappa shape index (κ2) is 11.0. The second-order valence-electron chi connectivity index (χ2n) is 9.80. The molecule has 0 aliphatic carbocycles. The molecule has 5 aromatic rings. The van der Waals surface area contributed by atoms with Crippen LogP contribution in [0.4, 0.5) is 0 Å². The number of carbonyl (C=O) groups is 1. The number of H-pyrrole nitrogens is 1. The SMILES string of the molecule is CCCCc1cn(-c2c(C(C)=O)cnn2C(C)C)c(=O)n1Cc1cnccc1-c1ccc(-c2nnn[nH]2)cc1. The lowest BCUT2D eigenvalue weighted by Crippen LogP contribution is -2.27. The molecule has 1 aromatic carbocycles. The molecule has 0 spiro atoms. The van der Waals surface area contributed by atoms with Gasteiger partial charge in [-0.25, -0.2) is 14.6 Å². The Bertz CT molecular complexity index is 1640. The van der Waals surface area contributed by atoms with Crippen LogP contribution in [0.1, 0.15) is 68.2 Å². The average molecular weight is 526 g/mol. The summed E-state index contributed by atoms with van der Waals surface area (Å²) in [5.41, 5.74) is 4.86. The van der Waals surface area contributed by atoms with Gasteiger partial charge < -0.3 is 0 Å². The first kappa shape index (κ1) is 26.0. The zero-order valence-corrected chi connectivity index (χ0v) is 22.5. The summed E-state index contributed by atoms with van der Waals surface area (Å²) in [7, 11) is 0. The van der Waals surface area contributed by atoms with Gasteiger partial charge in [0, 0.05) is 35.9 Å². The first-order valence-electron chi connectivity index (χ1n) is 13.1. The first-order chi connectivity index (χ1) is 18.9. The van der Waals surface area contributed by atoms with Gasteiger partial charge in [-0.1, -0.05) is 37.6 Å². The van der Waals surface area contributed by atoms with Gasteiger partial charge in [0.2, 0.25) is 0 Å². The molecule has 200 valence electrons. The van der Waals surface area contributed by atoms with Gasteiger partial charge in [0.05, 0.1) is 18.3 Å². The molecule has 39 heavy (non-hydrogen) atoms. The molecule has 4 aromatic heterocycles. The van der Waals surface area contributed by atoms with E-state index in [4.69, 9.17) is 0 Å². The molecule has 0 saturated carbocycles. The van der Waals surface area contributed by atoms with Gasteiger partial charge in [0.1, 0.15) is 5.82 Å². The predicted octanol–water partition coefficient (Wildman–Crippen LogP) is 4.25. The molecule has 11 nitrogen and oxygen atoms in total. The lowest BCUT2D eigenvalue weighted by Gasteiger charge is -2.13. The number of nitrogens with one attached hydrogen (secondary N) is 1. The van der Waals surface area contributed by atoms with Crippen LogP contribution < -0.4 is 5.69 Å². The number of aromatic nitrogens is 9. The summed E-state index contributed by atoms with van der Waals surface area (Å²) in [5.74, 6) is 0.962. The zero-order chi connectivity index (χ0) is 27.5. The highest BCUT2D eigenvalue weighted by molar-refractivity contribution is 5.97. The highest BCUT2D eigenvalue weighted by atomic mass is 16.2. The Hall–Kier alpha value is -4.67. The number of nitrogens with zero attached hydrogens (tertiary/aromatic N) is 8. The smallest absolute Gasteiger partial charge is 0.294 e. The Labute approximate surface area is 225 Å². The van der Waals surface area contributed by atoms with Gasteiger partial charge in [0.15, 0.2) is 11.6 Å². The number of aryl methyl sites for hydroxylation is 1. The second-order valence-corrected chi connectivity index (χ2v) is 9.80. The van der Waals surface area contributed by atoms with E-state index in [1.807, 2.05) is 50.4 Å². The summed E-state index contributed by atoms with van der Waals surface area (Å²) in [6.07, 6.45) is 9.62. The third-order valence-electron chi connectivity index (χ3n) is 6.76. The van der Waals surface area contributed by atoms with Crippen molar-refractivity contribution in [2.45, 2.75) is 59.5 Å². The van der Waals surface area contributed by atoms with Gasteiger partial charge in [0.25, 0.3) is 0 Å². The summed E-state index contributed by atoms with van der Waals surface area (Å²) >= 11 is 0. The molecule has 0 unspecified atom stereocenters. The zero-order valence-electron chi connectivity index (χ0n) is 22.5. The number of tetrazole rings is 1. The van der Waals surface area contributed by atoms with E-state index in [0.717, 1.165) is 47.2 Å². The molecule has 11 heteroatoms. The van der Waals surface area contributed by atoms with Gasteiger partial charge >= 0.3 is 5.69 Å². The summed E-state index contributed by atoms with van der Waals surface area (Å²) in [4.78, 5) is 30.8. The minimum absolute atomic E-state index is 0.0249. The van der Waals surface area contributed by atoms with Crippen LogP contribution in [0, 0.1) is 0 Å². The number of ketones is 1. The van der Waals surface area contributed by atoms with Crippen molar-refractivity contribution in [1.29, 1.82) is 0 Å². The molecule has 0 saturated heterocycles. The van der Waals surface area contributed by atoms with Crippen LogP contribution in [0.15, 0.2) is 59.9 Å². The fraction of sp³-hybridized carbons (Fsp3) is 0.321. The van der Waals surface area contributed by atoms with Crippen molar-refractivity contribution >= 4 is 5.78 Å². The Morgan fingerprint density at radius 3 is 2.51 bits per heavy atom. The van der Waals surface area contributed by atoms with Crippen LogP contribution in [-0.2, 0) is 13.0 Å². The minimum Gasteiger partial charge on any atom is -0.294 e. The Kier molecular flexibility index (Phi) is 7.31. The number of pyridine rings is 1. The topological polar surface area (TPSA) is 129 Å². The number of Topliss-reactive ketones (excluding diaryl/α,β-unsaturated/α-hetero) is 1. The van der Waals surface area contributed by atoms with Crippen LogP contribution in [-0.4, -0.2) is 50.3 Å². The van der Waals surface area contributed by atoms with Crippen molar-refractivity contribution in [3.63, 3.8) is 0 Å². The van der Waals surface area contributed by atoms with E-state index in [0.29, 0.717) is 23.8 Å². The molecule has 0 radical (unpaired) electrons. The largest absolute Gasteiger partial charge is 0.334 e. The van der Waals surface area contributed by atoms with E-state index in [-0.39, 0.29) is 17.5 Å². The summed E-state index contributed by atoms with van der Waals surface area (Å²) in [5, 5.41) is 18.4. The molecule has 0 bridgehead atoms. The maximum absolute atomic E-state index is 14.0. The maximum atomic E-state index is 14.0. The molecule has 5 rings (SSSR count). The Morgan fingerprint density at radius 2 is 1.85 bits per heavy atom. The van der Waals surface area contributed by atoms with Crippen LogP contribution in [0.5, 0.6) is 0 Å². The lowest BCUT2D eigenvalue weighted by molar-refractivity contribution is 0.101. The highest BCUT2D eigenvalue weighted by Crippen LogP contribution is 2.27. The van der Waals surface area contributed by atoms with E-state index in [1.165, 1.54) is 6.92 Å². The first-order valence-corrected chi connectivity index (χ1v) is 13.1. The van der Waals surface area contributed by atoms with Crippen LogP contribution in [0.2, 0.25) is 0 Å². The maximum Gasteiger partial charge on any atom is 0.334 e. The molecule has 0 aliphatic rings. The number of carbonyl (C=O) groups excluding carboxylic acids is 1. The summed E-state index contributed by atoms with van der Waals surface area (Å²) < 4.78 is 5.09. The third kappa shape index (κ3) is 5.07. The number of hydrogen-bond acceptors (Lipinski definition) is 7. The molecular weight excluding hydrogens is 494 g/mol. The number of rotatable bonds is 10. The number of benzene rings is 1. The molecule has 4 heterocycles. The predicted molar refractivity (Wildman–Crippen MR) is 147 cm³/mol. The molecule has 0 amide bonds. The molecule has 0 aliphatic heterocycles. The van der Waals surface area contributed by atoms with Crippen molar-refractivity contribution in [1.82, 2.24) is 44.5 Å². The van der Waals surface area contributed by atoms with Crippen molar-refractivity contribution in [3.05, 3.63) is 82.4 Å². The fourth-order valence-electron chi connectivity index (χ4n) is 4.72. The van der Waals surface area contributed by atoms with E-state index in [2.05, 4.69) is 37.6 Å². The van der Waals surface area contributed by atoms with Gasteiger partial charge in [-0.15, -0.1) is 5.10 Å². The normalized spacial score (nSPS) is 11.4. The molecular formula is C28H31N9O2. The third-order valence-corrected chi connectivity index (χ3v) is 6.76. The number of imidazole rings is 1. The van der Waals surface area contributed by atoms with Crippen LogP contribution in [0.3, 0.4) is 0 Å². The fourth-order valence-corrected chi connectivity index (χ4v) is 4.72. The number of aromatic amines is 1. The minimum atomic E-state index is -0.214. The molecule has 0 atom stereocenters. The van der Waals surface area contributed by atoms with Gasteiger partial charge in [-0.05, 0) is 66.8 Å². The van der Waals surface area contributed by atoms with Crippen molar-refractivity contribution in [2.24, 2.45) is 0 Å². The monoisotopic (exact) mass is 525 g/mol. The van der Waals surface area contributed by atoms with Crippen LogP contribution >= 0.6 is 0 Å². The van der Waals surface area contributed by atoms with Crippen LogP contribution in [0.25, 0.3) is 28.3 Å². The van der Waals surface area contributed by atoms with Gasteiger partial charge in [-0.3, -0.25) is 18.9 Å².